The van der Waals surface area contributed by atoms with Crippen LogP contribution in [0.1, 0.15) is 25.3 Å². The maximum absolute atomic E-state index is 9.94. The van der Waals surface area contributed by atoms with E-state index in [1.807, 2.05) is 62.0 Å². The minimum Gasteiger partial charge on any atom is -0.489 e. The standard InChI is InChI=1S/C29H25N5O2S.C2H6O/c1-33-18-23(17-32-33)22-14-26-27(19-34(29(26)31-16-22)37-25-5-3-2-4-6-25)20-7-8-28(21(13-20)15-30)36-24-9-11-35-12-10-24;1-2-3/h2-8,13-14,16-19,24H,9-12H2,1H3;3H,2H2,1H3. The molecule has 40 heavy (non-hydrogen) atoms. The lowest BCUT2D eigenvalue weighted by molar-refractivity contribution is 0.0254. The van der Waals surface area contributed by atoms with Gasteiger partial charge in [0.05, 0.1) is 25.0 Å². The number of aliphatic hydroxyl groups excluding tert-OH is 1. The monoisotopic (exact) mass is 553 g/mol. The van der Waals surface area contributed by atoms with Crippen molar-refractivity contribution in [1.29, 1.82) is 5.26 Å². The van der Waals surface area contributed by atoms with Crippen LogP contribution < -0.4 is 4.74 Å². The molecule has 5 aromatic rings. The van der Waals surface area contributed by atoms with Crippen LogP contribution in [-0.2, 0) is 11.8 Å². The fourth-order valence-corrected chi connectivity index (χ4v) is 5.46. The normalized spacial score (nSPS) is 13.4. The summed E-state index contributed by atoms with van der Waals surface area (Å²) in [6.07, 6.45) is 9.54. The van der Waals surface area contributed by atoms with Gasteiger partial charge in [-0.15, -0.1) is 0 Å². The van der Waals surface area contributed by atoms with Crippen molar-refractivity contribution in [3.8, 4) is 34.1 Å². The highest BCUT2D eigenvalue weighted by Gasteiger charge is 2.19. The molecule has 0 radical (unpaired) electrons. The molecule has 0 spiro atoms. The third kappa shape index (κ3) is 6.20. The van der Waals surface area contributed by atoms with Crippen LogP contribution in [0, 0.1) is 11.3 Å². The van der Waals surface area contributed by atoms with Crippen LogP contribution in [0.15, 0.2) is 84.3 Å². The van der Waals surface area contributed by atoms with Crippen molar-refractivity contribution in [3.05, 3.63) is 84.9 Å². The molecule has 1 aliphatic rings. The Morgan fingerprint density at radius 3 is 2.52 bits per heavy atom. The number of benzene rings is 2. The van der Waals surface area contributed by atoms with Gasteiger partial charge >= 0.3 is 0 Å². The molecule has 204 valence electrons. The predicted octanol–water partition coefficient (Wildman–Crippen LogP) is 6.09. The van der Waals surface area contributed by atoms with E-state index < -0.39 is 0 Å². The topological polar surface area (TPSA) is 98.1 Å². The zero-order chi connectivity index (χ0) is 27.9. The first-order chi connectivity index (χ1) is 19.6. The molecule has 1 aliphatic heterocycles. The molecule has 0 bridgehead atoms. The van der Waals surface area contributed by atoms with Gasteiger partial charge in [0.15, 0.2) is 5.65 Å². The lowest BCUT2D eigenvalue weighted by Gasteiger charge is -2.23. The van der Waals surface area contributed by atoms with E-state index in [0.29, 0.717) is 24.5 Å². The Morgan fingerprint density at radius 2 is 1.82 bits per heavy atom. The number of nitrogens with zero attached hydrogens (tertiary/aromatic N) is 5. The first-order valence-corrected chi connectivity index (χ1v) is 14.0. The SMILES string of the molecule is CCO.Cn1cc(-c2cnc3c(c2)c(-c2ccc(OC4CCOCC4)c(C#N)c2)cn3Sc2ccccc2)cn1. The smallest absolute Gasteiger partial charge is 0.150 e. The molecule has 1 saturated heterocycles. The summed E-state index contributed by atoms with van der Waals surface area (Å²) in [5, 5.41) is 22.8. The van der Waals surface area contributed by atoms with Crippen molar-refractivity contribution >= 4 is 23.0 Å². The van der Waals surface area contributed by atoms with Crippen LogP contribution in [-0.4, -0.2) is 49.8 Å². The molecule has 0 amide bonds. The zero-order valence-corrected chi connectivity index (χ0v) is 23.3. The molecule has 3 aromatic heterocycles. The quantitative estimate of drug-likeness (QED) is 0.272. The summed E-state index contributed by atoms with van der Waals surface area (Å²) >= 11 is 1.61. The molecular formula is C31H31N5O3S. The molecule has 0 unspecified atom stereocenters. The van der Waals surface area contributed by atoms with E-state index >= 15 is 0 Å². The van der Waals surface area contributed by atoms with Gasteiger partial charge in [0, 0.05) is 72.1 Å². The molecular weight excluding hydrogens is 522 g/mol. The molecule has 0 atom stereocenters. The van der Waals surface area contributed by atoms with Gasteiger partial charge in [-0.2, -0.15) is 10.4 Å². The van der Waals surface area contributed by atoms with Gasteiger partial charge < -0.3 is 14.6 Å². The van der Waals surface area contributed by atoms with Crippen LogP contribution in [0.4, 0.5) is 0 Å². The van der Waals surface area contributed by atoms with E-state index in [-0.39, 0.29) is 12.7 Å². The third-order valence-corrected chi connectivity index (χ3v) is 7.43. The molecule has 2 aromatic carbocycles. The minimum atomic E-state index is 0.0714. The van der Waals surface area contributed by atoms with Crippen molar-refractivity contribution in [1.82, 2.24) is 18.7 Å². The van der Waals surface area contributed by atoms with Gasteiger partial charge in [0.25, 0.3) is 0 Å². The largest absolute Gasteiger partial charge is 0.489 e. The van der Waals surface area contributed by atoms with Gasteiger partial charge in [-0.1, -0.05) is 24.3 Å². The molecule has 0 aliphatic carbocycles. The third-order valence-electron chi connectivity index (χ3n) is 6.47. The van der Waals surface area contributed by atoms with Crippen LogP contribution in [0.3, 0.4) is 0 Å². The van der Waals surface area contributed by atoms with Crippen molar-refractivity contribution in [2.24, 2.45) is 7.05 Å². The average molecular weight is 554 g/mol. The van der Waals surface area contributed by atoms with Crippen LogP contribution in [0.25, 0.3) is 33.3 Å². The molecule has 8 nitrogen and oxygen atoms in total. The highest BCUT2D eigenvalue weighted by atomic mass is 32.2. The predicted molar refractivity (Wildman–Crippen MR) is 157 cm³/mol. The van der Waals surface area contributed by atoms with Crippen molar-refractivity contribution in [2.45, 2.75) is 30.8 Å². The Hall–Kier alpha value is -4.10. The van der Waals surface area contributed by atoms with Crippen molar-refractivity contribution in [2.75, 3.05) is 19.8 Å². The van der Waals surface area contributed by atoms with Gasteiger partial charge in [0.2, 0.25) is 0 Å². The van der Waals surface area contributed by atoms with Gasteiger partial charge in [-0.05, 0) is 54.8 Å². The number of hydrogen-bond acceptors (Lipinski definition) is 7. The number of hydrogen-bond donors (Lipinski definition) is 1. The summed E-state index contributed by atoms with van der Waals surface area (Å²) in [6, 6.07) is 20.6. The van der Waals surface area contributed by atoms with Crippen molar-refractivity contribution < 1.29 is 14.6 Å². The zero-order valence-electron chi connectivity index (χ0n) is 22.5. The molecule has 1 N–H and O–H groups in total. The van der Waals surface area contributed by atoms with Crippen LogP contribution >= 0.6 is 11.9 Å². The summed E-state index contributed by atoms with van der Waals surface area (Å²) in [5.41, 5.74) is 5.33. The first-order valence-electron chi connectivity index (χ1n) is 13.2. The maximum Gasteiger partial charge on any atom is 0.150 e. The molecule has 0 saturated carbocycles. The molecule has 1 fully saturated rings. The van der Waals surface area contributed by atoms with Crippen LogP contribution in [0.5, 0.6) is 5.75 Å². The second-order valence-corrected chi connectivity index (χ2v) is 10.4. The fraction of sp³-hybridized carbons (Fsp3) is 0.258. The van der Waals surface area contributed by atoms with Crippen molar-refractivity contribution in [3.63, 3.8) is 0 Å². The van der Waals surface area contributed by atoms with Gasteiger partial charge in [0.1, 0.15) is 17.9 Å². The fourth-order valence-electron chi connectivity index (χ4n) is 4.56. The van der Waals surface area contributed by atoms with E-state index in [1.165, 1.54) is 0 Å². The Bertz CT molecular complexity index is 1620. The van der Waals surface area contributed by atoms with E-state index in [2.05, 4.69) is 39.5 Å². The Kier molecular flexibility index (Phi) is 8.81. The number of rotatable bonds is 6. The van der Waals surface area contributed by atoms with E-state index in [0.717, 1.165) is 51.0 Å². The number of ether oxygens (including phenoxy) is 2. The highest BCUT2D eigenvalue weighted by Crippen LogP contribution is 2.38. The Morgan fingerprint density at radius 1 is 1.05 bits per heavy atom. The lowest BCUT2D eigenvalue weighted by atomic mass is 10.0. The Labute approximate surface area is 237 Å². The average Bonchev–Trinajstić information content (AvgIpc) is 3.58. The minimum absolute atomic E-state index is 0.0714. The van der Waals surface area contributed by atoms with Gasteiger partial charge in [-0.25, -0.2) is 4.98 Å². The second-order valence-electron chi connectivity index (χ2n) is 9.34. The number of pyridine rings is 1. The first kappa shape index (κ1) is 27.5. The number of fused-ring (bicyclic) bond motifs is 1. The van der Waals surface area contributed by atoms with Gasteiger partial charge in [-0.3, -0.25) is 8.65 Å². The number of nitriles is 1. The maximum atomic E-state index is 9.94. The summed E-state index contributed by atoms with van der Waals surface area (Å²) in [6.45, 7) is 3.31. The summed E-state index contributed by atoms with van der Waals surface area (Å²) in [5.74, 6) is 0.620. The lowest BCUT2D eigenvalue weighted by Crippen LogP contribution is -2.26. The molecule has 4 heterocycles. The van der Waals surface area contributed by atoms with E-state index in [9.17, 15) is 5.26 Å². The van der Waals surface area contributed by atoms with E-state index in [4.69, 9.17) is 19.6 Å². The van der Waals surface area contributed by atoms with Crippen LogP contribution in [0.2, 0.25) is 0 Å². The number of aromatic nitrogens is 4. The summed E-state index contributed by atoms with van der Waals surface area (Å²) in [4.78, 5) is 5.96. The number of aryl methyl sites for hydroxylation is 1. The summed E-state index contributed by atoms with van der Waals surface area (Å²) < 4.78 is 15.5. The summed E-state index contributed by atoms with van der Waals surface area (Å²) in [7, 11) is 1.90. The molecule has 9 heteroatoms. The molecule has 6 rings (SSSR count). The second kappa shape index (κ2) is 12.8. The number of aliphatic hydroxyl groups is 1. The highest BCUT2D eigenvalue weighted by molar-refractivity contribution is 7.98. The Balaban J connectivity index is 0.00000103. The van der Waals surface area contributed by atoms with E-state index in [1.54, 1.807) is 23.6 Å².